The number of rotatable bonds is 3. The first-order valence-electron chi connectivity index (χ1n) is 7.96. The van der Waals surface area contributed by atoms with Gasteiger partial charge in [0.25, 0.3) is 5.91 Å². The van der Waals surface area contributed by atoms with E-state index in [1.807, 2.05) is 31.2 Å². The third-order valence-corrected chi connectivity index (χ3v) is 5.14. The van der Waals surface area contributed by atoms with E-state index in [1.165, 1.54) is 24.2 Å². The maximum atomic E-state index is 12.2. The number of amides is 1. The lowest BCUT2D eigenvalue weighted by atomic mass is 10.1. The minimum absolute atomic E-state index is 0.123. The molecule has 122 valence electrons. The molecule has 0 bridgehead atoms. The van der Waals surface area contributed by atoms with Gasteiger partial charge in [0.2, 0.25) is 0 Å². The van der Waals surface area contributed by atoms with E-state index in [-0.39, 0.29) is 5.91 Å². The molecule has 0 fully saturated rings. The minimum atomic E-state index is -0.123. The summed E-state index contributed by atoms with van der Waals surface area (Å²) in [6, 6.07) is 7.74. The van der Waals surface area contributed by atoms with Crippen molar-refractivity contribution in [1.82, 2.24) is 19.7 Å². The van der Waals surface area contributed by atoms with Crippen LogP contribution in [0.4, 0.5) is 5.69 Å². The molecule has 0 radical (unpaired) electrons. The highest BCUT2D eigenvalue weighted by Gasteiger charge is 2.17. The minimum Gasteiger partial charge on any atom is -0.321 e. The topological polar surface area (TPSA) is 72.7 Å². The van der Waals surface area contributed by atoms with E-state index in [4.69, 9.17) is 0 Å². The van der Waals surface area contributed by atoms with Crippen LogP contribution in [0.25, 0.3) is 11.4 Å². The van der Waals surface area contributed by atoms with Crippen molar-refractivity contribution in [3.05, 3.63) is 46.2 Å². The van der Waals surface area contributed by atoms with Crippen molar-refractivity contribution in [3.8, 4) is 11.4 Å². The molecule has 0 atom stereocenters. The Morgan fingerprint density at radius 1 is 1.21 bits per heavy atom. The maximum absolute atomic E-state index is 12.2. The standard InChI is InChI=1S/C17H17N5OS/c1-11-15(24-10-18-11)17(23)19-13-7-5-12(6-8-13)16-21-20-14-4-2-3-9-22(14)16/h5-8,10H,2-4,9H2,1H3,(H,19,23). The molecule has 0 saturated carbocycles. The number of carbonyl (C=O) groups excluding carboxylic acids is 1. The van der Waals surface area contributed by atoms with Gasteiger partial charge in [0, 0.05) is 24.2 Å². The molecule has 0 aliphatic carbocycles. The van der Waals surface area contributed by atoms with Crippen LogP contribution >= 0.6 is 11.3 Å². The number of carbonyl (C=O) groups is 1. The van der Waals surface area contributed by atoms with E-state index < -0.39 is 0 Å². The molecule has 3 heterocycles. The molecular formula is C17H17N5OS. The zero-order chi connectivity index (χ0) is 16.5. The maximum Gasteiger partial charge on any atom is 0.267 e. The summed E-state index contributed by atoms with van der Waals surface area (Å²) in [6.45, 7) is 2.81. The van der Waals surface area contributed by atoms with Crippen LogP contribution in [0.3, 0.4) is 0 Å². The molecule has 3 aromatic rings. The molecule has 2 aromatic heterocycles. The Kier molecular flexibility index (Phi) is 3.86. The molecule has 1 amide bonds. The van der Waals surface area contributed by atoms with Crippen molar-refractivity contribution in [2.45, 2.75) is 32.7 Å². The van der Waals surface area contributed by atoms with Gasteiger partial charge in [0.05, 0.1) is 11.2 Å². The van der Waals surface area contributed by atoms with Crippen molar-refractivity contribution in [3.63, 3.8) is 0 Å². The highest BCUT2D eigenvalue weighted by molar-refractivity contribution is 7.12. The molecule has 1 aliphatic rings. The van der Waals surface area contributed by atoms with Crippen molar-refractivity contribution >= 4 is 22.9 Å². The van der Waals surface area contributed by atoms with Crippen molar-refractivity contribution < 1.29 is 4.79 Å². The fourth-order valence-electron chi connectivity index (χ4n) is 2.93. The second kappa shape index (κ2) is 6.16. The van der Waals surface area contributed by atoms with Gasteiger partial charge in [-0.3, -0.25) is 4.79 Å². The van der Waals surface area contributed by atoms with E-state index in [0.29, 0.717) is 4.88 Å². The number of hydrogen-bond acceptors (Lipinski definition) is 5. The van der Waals surface area contributed by atoms with Gasteiger partial charge < -0.3 is 9.88 Å². The van der Waals surface area contributed by atoms with Crippen molar-refractivity contribution in [1.29, 1.82) is 0 Å². The van der Waals surface area contributed by atoms with E-state index in [2.05, 4.69) is 25.1 Å². The number of nitrogens with one attached hydrogen (secondary N) is 1. The molecule has 0 saturated heterocycles. The lowest BCUT2D eigenvalue weighted by Gasteiger charge is -2.14. The van der Waals surface area contributed by atoms with Crippen LogP contribution in [0.5, 0.6) is 0 Å². The first-order valence-corrected chi connectivity index (χ1v) is 8.84. The summed E-state index contributed by atoms with van der Waals surface area (Å²) in [4.78, 5) is 17.0. The predicted molar refractivity (Wildman–Crippen MR) is 93.2 cm³/mol. The molecule has 4 rings (SSSR count). The Balaban J connectivity index is 1.54. The third-order valence-electron chi connectivity index (χ3n) is 4.21. The van der Waals surface area contributed by atoms with Gasteiger partial charge in [-0.15, -0.1) is 21.5 Å². The molecule has 1 N–H and O–H groups in total. The highest BCUT2D eigenvalue weighted by atomic mass is 32.1. The van der Waals surface area contributed by atoms with Crippen LogP contribution in [0.1, 0.15) is 34.0 Å². The van der Waals surface area contributed by atoms with Gasteiger partial charge >= 0.3 is 0 Å². The van der Waals surface area contributed by atoms with Gasteiger partial charge in [-0.1, -0.05) is 0 Å². The number of nitrogens with zero attached hydrogens (tertiary/aromatic N) is 4. The van der Waals surface area contributed by atoms with Gasteiger partial charge in [0.1, 0.15) is 10.7 Å². The summed E-state index contributed by atoms with van der Waals surface area (Å²) in [5, 5.41) is 11.5. The Morgan fingerprint density at radius 3 is 2.79 bits per heavy atom. The fraction of sp³-hybridized carbons (Fsp3) is 0.294. The third kappa shape index (κ3) is 2.71. The Morgan fingerprint density at radius 2 is 2.04 bits per heavy atom. The van der Waals surface area contributed by atoms with E-state index in [0.717, 1.165) is 41.6 Å². The molecular weight excluding hydrogens is 322 g/mol. The molecule has 24 heavy (non-hydrogen) atoms. The highest BCUT2D eigenvalue weighted by Crippen LogP contribution is 2.24. The van der Waals surface area contributed by atoms with Crippen LogP contribution in [-0.4, -0.2) is 25.7 Å². The van der Waals surface area contributed by atoms with Crippen LogP contribution in [0, 0.1) is 6.92 Å². The quantitative estimate of drug-likeness (QED) is 0.794. The van der Waals surface area contributed by atoms with Gasteiger partial charge in [-0.05, 0) is 44.0 Å². The number of benzene rings is 1. The summed E-state index contributed by atoms with van der Waals surface area (Å²) < 4.78 is 2.19. The summed E-state index contributed by atoms with van der Waals surface area (Å²) in [5.74, 6) is 1.85. The SMILES string of the molecule is Cc1ncsc1C(=O)Nc1ccc(-c2nnc3n2CCCC3)cc1. The number of hydrogen-bond donors (Lipinski definition) is 1. The summed E-state index contributed by atoms with van der Waals surface area (Å²) in [5.41, 5.74) is 4.21. The van der Waals surface area contributed by atoms with Gasteiger partial charge in [-0.2, -0.15) is 0 Å². The van der Waals surface area contributed by atoms with Crippen LogP contribution in [-0.2, 0) is 13.0 Å². The normalized spacial score (nSPS) is 13.5. The second-order valence-corrected chi connectivity index (χ2v) is 6.70. The number of anilines is 1. The Bertz CT molecular complexity index is 881. The predicted octanol–water partition coefficient (Wildman–Crippen LogP) is 3.30. The smallest absolute Gasteiger partial charge is 0.267 e. The molecule has 1 aromatic carbocycles. The number of fused-ring (bicyclic) bond motifs is 1. The average Bonchev–Trinajstić information content (AvgIpc) is 3.22. The molecule has 1 aliphatic heterocycles. The zero-order valence-corrected chi connectivity index (χ0v) is 14.1. The lowest BCUT2D eigenvalue weighted by molar-refractivity contribution is 0.103. The summed E-state index contributed by atoms with van der Waals surface area (Å²) in [6.07, 6.45) is 3.34. The largest absolute Gasteiger partial charge is 0.321 e. The molecule has 0 unspecified atom stereocenters. The molecule has 6 nitrogen and oxygen atoms in total. The van der Waals surface area contributed by atoms with Gasteiger partial charge in [-0.25, -0.2) is 4.98 Å². The summed E-state index contributed by atoms with van der Waals surface area (Å²) in [7, 11) is 0. The average molecular weight is 339 g/mol. The number of thiazole rings is 1. The van der Waals surface area contributed by atoms with Crippen LogP contribution in [0.2, 0.25) is 0 Å². The number of aryl methyl sites for hydroxylation is 2. The van der Waals surface area contributed by atoms with Crippen molar-refractivity contribution in [2.24, 2.45) is 0 Å². The van der Waals surface area contributed by atoms with Crippen LogP contribution in [0.15, 0.2) is 29.8 Å². The summed E-state index contributed by atoms with van der Waals surface area (Å²) >= 11 is 1.35. The Labute approximate surface area is 143 Å². The van der Waals surface area contributed by atoms with E-state index in [1.54, 1.807) is 5.51 Å². The van der Waals surface area contributed by atoms with Crippen LogP contribution < -0.4 is 5.32 Å². The lowest BCUT2D eigenvalue weighted by Crippen LogP contribution is -2.12. The zero-order valence-electron chi connectivity index (χ0n) is 13.3. The van der Waals surface area contributed by atoms with E-state index in [9.17, 15) is 4.79 Å². The fourth-order valence-corrected chi connectivity index (χ4v) is 3.63. The first-order chi connectivity index (χ1) is 11.7. The molecule has 0 spiro atoms. The second-order valence-electron chi connectivity index (χ2n) is 5.85. The van der Waals surface area contributed by atoms with Gasteiger partial charge in [0.15, 0.2) is 5.82 Å². The monoisotopic (exact) mass is 339 g/mol. The number of aromatic nitrogens is 4. The Hall–Kier alpha value is -2.54. The molecule has 7 heteroatoms. The van der Waals surface area contributed by atoms with Crippen molar-refractivity contribution in [2.75, 3.05) is 5.32 Å². The van der Waals surface area contributed by atoms with E-state index >= 15 is 0 Å². The first kappa shape index (κ1) is 15.0.